The lowest BCUT2D eigenvalue weighted by Gasteiger charge is -2.21. The number of anilines is 1. The van der Waals surface area contributed by atoms with Gasteiger partial charge >= 0.3 is 0 Å². The Balaban J connectivity index is 1.67. The molecule has 118 valence electrons. The van der Waals surface area contributed by atoms with E-state index in [0.29, 0.717) is 19.8 Å². The summed E-state index contributed by atoms with van der Waals surface area (Å²) < 4.78 is 10.5. The second-order valence-corrected chi connectivity index (χ2v) is 5.97. The van der Waals surface area contributed by atoms with Gasteiger partial charge in [-0.1, -0.05) is 44.2 Å². The van der Waals surface area contributed by atoms with Gasteiger partial charge in [0.25, 0.3) is 0 Å². The number of ether oxygens (including phenoxy) is 2. The summed E-state index contributed by atoms with van der Waals surface area (Å²) in [4.78, 5) is 0. The number of hydrogen-bond donors (Lipinski definition) is 1. The fourth-order valence-electron chi connectivity index (χ4n) is 3.00. The van der Waals surface area contributed by atoms with E-state index >= 15 is 0 Å². The molecular formula is C18H29NO2. The molecular weight excluding hydrogens is 262 g/mol. The van der Waals surface area contributed by atoms with E-state index in [-0.39, 0.29) is 0 Å². The molecule has 1 N–H and O–H groups in total. The maximum atomic E-state index is 5.56. The summed E-state index contributed by atoms with van der Waals surface area (Å²) in [6, 6.07) is 8.53. The summed E-state index contributed by atoms with van der Waals surface area (Å²) in [5, 5.41) is 3.55. The first-order valence-electron chi connectivity index (χ1n) is 8.28. The molecule has 21 heavy (non-hydrogen) atoms. The Kier molecular flexibility index (Phi) is 7.61. The van der Waals surface area contributed by atoms with Crippen molar-refractivity contribution in [2.75, 3.05) is 32.2 Å². The first kappa shape index (κ1) is 16.3. The Morgan fingerprint density at radius 1 is 1.14 bits per heavy atom. The van der Waals surface area contributed by atoms with Crippen molar-refractivity contribution in [3.63, 3.8) is 0 Å². The standard InChI is InChI=1S/C18H29NO2/c1-20-12-13-21-15-17-8-5-9-18(14-17)19-11-10-16-6-3-2-4-7-16/h5,8-9,14,16,19H,2-4,6-7,10-13,15H2,1H3. The third kappa shape index (κ3) is 6.49. The van der Waals surface area contributed by atoms with E-state index in [0.717, 1.165) is 12.5 Å². The Labute approximate surface area is 129 Å². The van der Waals surface area contributed by atoms with Crippen LogP contribution in [0.4, 0.5) is 5.69 Å². The maximum absolute atomic E-state index is 5.56. The topological polar surface area (TPSA) is 30.5 Å². The van der Waals surface area contributed by atoms with Crippen LogP contribution in [-0.4, -0.2) is 26.9 Å². The lowest BCUT2D eigenvalue weighted by atomic mass is 9.87. The smallest absolute Gasteiger partial charge is 0.0718 e. The van der Waals surface area contributed by atoms with Gasteiger partial charge in [0, 0.05) is 19.3 Å². The summed E-state index contributed by atoms with van der Waals surface area (Å²) in [5.41, 5.74) is 2.42. The van der Waals surface area contributed by atoms with Crippen molar-refractivity contribution >= 4 is 5.69 Å². The lowest BCUT2D eigenvalue weighted by molar-refractivity contribution is 0.0617. The summed E-state index contributed by atoms with van der Waals surface area (Å²) in [5.74, 6) is 0.937. The van der Waals surface area contributed by atoms with Crippen LogP contribution in [0.25, 0.3) is 0 Å². The molecule has 0 atom stereocenters. The molecule has 0 saturated heterocycles. The van der Waals surface area contributed by atoms with Crippen LogP contribution in [0.15, 0.2) is 24.3 Å². The van der Waals surface area contributed by atoms with Crippen molar-refractivity contribution in [1.82, 2.24) is 0 Å². The first-order valence-corrected chi connectivity index (χ1v) is 8.28. The van der Waals surface area contributed by atoms with Crippen LogP contribution in [0, 0.1) is 5.92 Å². The molecule has 0 aliphatic heterocycles. The molecule has 2 rings (SSSR count). The number of hydrogen-bond acceptors (Lipinski definition) is 3. The Morgan fingerprint density at radius 3 is 2.81 bits per heavy atom. The van der Waals surface area contributed by atoms with Gasteiger partial charge in [-0.3, -0.25) is 0 Å². The van der Waals surface area contributed by atoms with Gasteiger partial charge in [-0.2, -0.15) is 0 Å². The van der Waals surface area contributed by atoms with Crippen LogP contribution in [0.3, 0.4) is 0 Å². The minimum atomic E-state index is 0.649. The van der Waals surface area contributed by atoms with Crippen molar-refractivity contribution in [3.8, 4) is 0 Å². The monoisotopic (exact) mass is 291 g/mol. The molecule has 1 aliphatic rings. The largest absolute Gasteiger partial charge is 0.385 e. The Hall–Kier alpha value is -1.06. The predicted octanol–water partition coefficient (Wildman–Crippen LogP) is 4.23. The third-order valence-electron chi connectivity index (χ3n) is 4.23. The molecule has 1 aromatic rings. The minimum absolute atomic E-state index is 0.649. The second kappa shape index (κ2) is 9.80. The van der Waals surface area contributed by atoms with Gasteiger partial charge in [0.1, 0.15) is 0 Å². The molecule has 0 spiro atoms. The SMILES string of the molecule is COCCOCc1cccc(NCCC2CCCCC2)c1. The quantitative estimate of drug-likeness (QED) is 0.691. The van der Waals surface area contributed by atoms with Gasteiger partial charge < -0.3 is 14.8 Å². The summed E-state index contributed by atoms with van der Waals surface area (Å²) in [7, 11) is 1.69. The Morgan fingerprint density at radius 2 is 2.00 bits per heavy atom. The molecule has 1 fully saturated rings. The highest BCUT2D eigenvalue weighted by Crippen LogP contribution is 2.26. The van der Waals surface area contributed by atoms with Crippen LogP contribution in [0.1, 0.15) is 44.1 Å². The second-order valence-electron chi connectivity index (χ2n) is 5.97. The summed E-state index contributed by atoms with van der Waals surface area (Å²) in [6.45, 7) is 3.04. The fraction of sp³-hybridized carbons (Fsp3) is 0.667. The van der Waals surface area contributed by atoms with Crippen molar-refractivity contribution in [2.24, 2.45) is 5.92 Å². The zero-order valence-electron chi connectivity index (χ0n) is 13.3. The summed E-state index contributed by atoms with van der Waals surface area (Å²) in [6.07, 6.45) is 8.45. The molecule has 1 aliphatic carbocycles. The third-order valence-corrected chi connectivity index (χ3v) is 4.23. The molecule has 0 amide bonds. The number of rotatable bonds is 9. The van der Waals surface area contributed by atoms with E-state index in [1.165, 1.54) is 49.8 Å². The van der Waals surface area contributed by atoms with Crippen molar-refractivity contribution in [3.05, 3.63) is 29.8 Å². The van der Waals surface area contributed by atoms with Crippen LogP contribution < -0.4 is 5.32 Å². The van der Waals surface area contributed by atoms with E-state index in [1.807, 2.05) is 0 Å². The highest BCUT2D eigenvalue weighted by Gasteiger charge is 2.12. The van der Waals surface area contributed by atoms with E-state index in [2.05, 4.69) is 29.6 Å². The predicted molar refractivity (Wildman–Crippen MR) is 87.7 cm³/mol. The van der Waals surface area contributed by atoms with E-state index in [4.69, 9.17) is 9.47 Å². The van der Waals surface area contributed by atoms with E-state index in [9.17, 15) is 0 Å². The molecule has 3 nitrogen and oxygen atoms in total. The van der Waals surface area contributed by atoms with E-state index < -0.39 is 0 Å². The lowest BCUT2D eigenvalue weighted by Crippen LogP contribution is -2.12. The molecule has 0 aromatic heterocycles. The number of nitrogens with one attached hydrogen (secondary N) is 1. The average Bonchev–Trinajstić information content (AvgIpc) is 2.53. The normalized spacial score (nSPS) is 16.0. The van der Waals surface area contributed by atoms with Gasteiger partial charge in [-0.05, 0) is 30.0 Å². The van der Waals surface area contributed by atoms with Crippen molar-refractivity contribution in [1.29, 1.82) is 0 Å². The molecule has 0 heterocycles. The molecule has 1 aromatic carbocycles. The number of benzene rings is 1. The van der Waals surface area contributed by atoms with E-state index in [1.54, 1.807) is 7.11 Å². The Bertz CT molecular complexity index is 389. The highest BCUT2D eigenvalue weighted by molar-refractivity contribution is 5.45. The molecule has 0 bridgehead atoms. The first-order chi connectivity index (χ1) is 10.4. The van der Waals surface area contributed by atoms with Crippen LogP contribution in [0.2, 0.25) is 0 Å². The van der Waals surface area contributed by atoms with Gasteiger partial charge in [-0.15, -0.1) is 0 Å². The molecule has 0 unspecified atom stereocenters. The van der Waals surface area contributed by atoms with Gasteiger partial charge in [0.05, 0.1) is 19.8 Å². The number of methoxy groups -OCH3 is 1. The van der Waals surface area contributed by atoms with Crippen LogP contribution in [0.5, 0.6) is 0 Å². The highest BCUT2D eigenvalue weighted by atomic mass is 16.5. The van der Waals surface area contributed by atoms with Gasteiger partial charge in [0.2, 0.25) is 0 Å². The fourth-order valence-corrected chi connectivity index (χ4v) is 3.00. The van der Waals surface area contributed by atoms with Crippen molar-refractivity contribution < 1.29 is 9.47 Å². The zero-order valence-corrected chi connectivity index (χ0v) is 13.3. The minimum Gasteiger partial charge on any atom is -0.385 e. The van der Waals surface area contributed by atoms with Crippen molar-refractivity contribution in [2.45, 2.75) is 45.1 Å². The molecule has 1 saturated carbocycles. The van der Waals surface area contributed by atoms with Crippen LogP contribution in [-0.2, 0) is 16.1 Å². The van der Waals surface area contributed by atoms with Gasteiger partial charge in [0.15, 0.2) is 0 Å². The van der Waals surface area contributed by atoms with Crippen LogP contribution >= 0.6 is 0 Å². The molecule has 3 heteroatoms. The average molecular weight is 291 g/mol. The van der Waals surface area contributed by atoms with Gasteiger partial charge in [-0.25, -0.2) is 0 Å². The zero-order chi connectivity index (χ0) is 14.8. The summed E-state index contributed by atoms with van der Waals surface area (Å²) >= 11 is 0. The molecule has 0 radical (unpaired) electrons. The maximum Gasteiger partial charge on any atom is 0.0718 e.